The van der Waals surface area contributed by atoms with Gasteiger partial charge in [-0.05, 0) is 77.9 Å². The van der Waals surface area contributed by atoms with E-state index in [1.807, 2.05) is 12.1 Å². The minimum absolute atomic E-state index is 0.0347. The first-order chi connectivity index (χ1) is 16.8. The Bertz CT molecular complexity index is 1330. The number of hydrogen-bond donors (Lipinski definition) is 3. The predicted octanol–water partition coefficient (Wildman–Crippen LogP) is 6.56. The van der Waals surface area contributed by atoms with E-state index in [0.717, 1.165) is 17.8 Å². The van der Waals surface area contributed by atoms with Gasteiger partial charge in [-0.25, -0.2) is 4.99 Å². The van der Waals surface area contributed by atoms with Gasteiger partial charge in [0.15, 0.2) is 5.96 Å². The molecule has 0 aromatic heterocycles. The highest BCUT2D eigenvalue weighted by atomic mass is 15.0. The van der Waals surface area contributed by atoms with Gasteiger partial charge in [0.2, 0.25) is 0 Å². The first kappa shape index (κ1) is 22.7. The van der Waals surface area contributed by atoms with Crippen LogP contribution in [0.25, 0.3) is 11.1 Å². The second-order valence-corrected chi connectivity index (χ2v) is 9.86. The molecular formula is C31H32N4. The molecule has 0 atom stereocenters. The molecule has 0 fully saturated rings. The van der Waals surface area contributed by atoms with E-state index in [0.29, 0.717) is 0 Å². The third kappa shape index (κ3) is 3.85. The molecule has 5 N–H and O–H groups in total. The fourth-order valence-electron chi connectivity index (χ4n) is 5.24. The van der Waals surface area contributed by atoms with E-state index in [2.05, 4.69) is 116 Å². The molecule has 0 unspecified atom stereocenters. The van der Waals surface area contributed by atoms with E-state index < -0.39 is 5.41 Å². The molecule has 4 nitrogen and oxygen atoms in total. The summed E-state index contributed by atoms with van der Waals surface area (Å²) in [5, 5.41) is 3.66. The van der Waals surface area contributed by atoms with Crippen molar-refractivity contribution in [3.8, 4) is 11.1 Å². The van der Waals surface area contributed by atoms with E-state index in [1.165, 1.54) is 33.4 Å². The molecule has 0 amide bonds. The first-order valence-electron chi connectivity index (χ1n) is 12.1. The molecule has 4 aromatic carbocycles. The fourth-order valence-corrected chi connectivity index (χ4v) is 5.24. The Morgan fingerprint density at radius 1 is 0.743 bits per heavy atom. The number of guanidine groups is 1. The van der Waals surface area contributed by atoms with Gasteiger partial charge in [0.25, 0.3) is 0 Å². The number of hydrogen-bond acceptors (Lipinski definition) is 2. The molecule has 0 bridgehead atoms. The van der Waals surface area contributed by atoms with E-state index in [4.69, 9.17) is 11.5 Å². The summed E-state index contributed by atoms with van der Waals surface area (Å²) in [4.78, 5) is 4.23. The maximum absolute atomic E-state index is 5.62. The van der Waals surface area contributed by atoms with Crippen LogP contribution in [0.4, 0.5) is 11.4 Å². The van der Waals surface area contributed by atoms with Gasteiger partial charge >= 0.3 is 0 Å². The lowest BCUT2D eigenvalue weighted by atomic mass is 9.67. The summed E-state index contributed by atoms with van der Waals surface area (Å²) < 4.78 is 0. The molecule has 0 radical (unpaired) electrons. The highest BCUT2D eigenvalue weighted by Crippen LogP contribution is 2.56. The number of anilines is 1. The van der Waals surface area contributed by atoms with E-state index in [1.54, 1.807) is 0 Å². The molecule has 0 heterocycles. The van der Waals surface area contributed by atoms with Crippen molar-refractivity contribution in [3.05, 3.63) is 119 Å². The summed E-state index contributed by atoms with van der Waals surface area (Å²) in [6.07, 6.45) is 1.04. The Morgan fingerprint density at radius 3 is 1.71 bits per heavy atom. The number of nitrogens with two attached hydrogens (primary N) is 2. The number of aliphatic imine (C=N–C) groups is 1. The molecule has 176 valence electrons. The lowest BCUT2D eigenvalue weighted by molar-refractivity contribution is 0.547. The highest BCUT2D eigenvalue weighted by Gasteiger charge is 2.45. The molecule has 0 saturated heterocycles. The minimum Gasteiger partial charge on any atom is -0.380 e. The van der Waals surface area contributed by atoms with Crippen molar-refractivity contribution < 1.29 is 0 Å². The summed E-state index contributed by atoms with van der Waals surface area (Å²) in [6, 6.07) is 34.6. The second kappa shape index (κ2) is 8.62. The Balaban J connectivity index is 1.74. The lowest BCUT2D eigenvalue weighted by Crippen LogP contribution is -2.30. The Morgan fingerprint density at radius 2 is 1.23 bits per heavy atom. The Kier molecular flexibility index (Phi) is 5.60. The van der Waals surface area contributed by atoms with Crippen LogP contribution < -0.4 is 16.8 Å². The summed E-state index contributed by atoms with van der Waals surface area (Å²) in [6.45, 7) is 6.66. The fraction of sp³-hybridized carbons (Fsp3) is 0.194. The number of nitrogens with one attached hydrogen (secondary N) is 1. The van der Waals surface area contributed by atoms with Crippen LogP contribution in [0.15, 0.2) is 102 Å². The maximum atomic E-state index is 5.62. The molecular weight excluding hydrogens is 428 g/mol. The van der Waals surface area contributed by atoms with Crippen LogP contribution >= 0.6 is 0 Å². The molecule has 1 aliphatic carbocycles. The normalized spacial score (nSPS) is 13.6. The molecule has 0 spiro atoms. The zero-order valence-corrected chi connectivity index (χ0v) is 20.5. The van der Waals surface area contributed by atoms with Gasteiger partial charge in [0, 0.05) is 11.2 Å². The van der Waals surface area contributed by atoms with Crippen molar-refractivity contribution in [1.82, 2.24) is 0 Å². The summed E-state index contributed by atoms with van der Waals surface area (Å²) in [5.74, 6) is 0.0575. The van der Waals surface area contributed by atoms with Gasteiger partial charge in [-0.15, -0.1) is 0 Å². The molecule has 0 aliphatic heterocycles. The molecule has 5 rings (SSSR count). The number of fused-ring (bicyclic) bond motifs is 3. The quantitative estimate of drug-likeness (QED) is 0.198. The van der Waals surface area contributed by atoms with Gasteiger partial charge in [-0.2, -0.15) is 0 Å². The van der Waals surface area contributed by atoms with Crippen LogP contribution in [0.1, 0.15) is 49.4 Å². The lowest BCUT2D eigenvalue weighted by Gasteiger charge is -2.34. The number of benzene rings is 4. The Hall–Kier alpha value is -4.05. The smallest absolute Gasteiger partial charge is 0.191 e. The van der Waals surface area contributed by atoms with Crippen LogP contribution in [0.5, 0.6) is 0 Å². The summed E-state index contributed by atoms with van der Waals surface area (Å²) in [7, 11) is 0. The van der Waals surface area contributed by atoms with Crippen molar-refractivity contribution in [2.75, 3.05) is 5.32 Å². The van der Waals surface area contributed by atoms with Crippen LogP contribution in [0, 0.1) is 0 Å². The molecule has 0 saturated carbocycles. The highest BCUT2D eigenvalue weighted by molar-refractivity contribution is 5.86. The minimum atomic E-state index is -0.442. The van der Waals surface area contributed by atoms with Crippen LogP contribution in [-0.2, 0) is 5.41 Å². The van der Waals surface area contributed by atoms with Gasteiger partial charge in [0.1, 0.15) is 0 Å². The van der Waals surface area contributed by atoms with E-state index in [-0.39, 0.29) is 11.5 Å². The topological polar surface area (TPSA) is 76.4 Å². The SMILES string of the molecule is CCC(C)(C)Nc1ccc(C2(c3ccc(N=C(N)N)cc3)c3ccccc3-c3ccccc32)cc1. The summed E-state index contributed by atoms with van der Waals surface area (Å²) in [5.41, 5.74) is 20.2. The third-order valence-electron chi connectivity index (χ3n) is 7.20. The van der Waals surface area contributed by atoms with Gasteiger partial charge in [0.05, 0.1) is 11.1 Å². The Labute approximate surface area is 207 Å². The summed E-state index contributed by atoms with van der Waals surface area (Å²) >= 11 is 0. The second-order valence-electron chi connectivity index (χ2n) is 9.86. The van der Waals surface area contributed by atoms with E-state index in [9.17, 15) is 0 Å². The van der Waals surface area contributed by atoms with Crippen LogP contribution in [0.2, 0.25) is 0 Å². The standard InChI is InChI=1S/C31H32N4/c1-4-30(2,3)35-24-19-15-22(16-20-24)31(21-13-17-23(18-14-21)34-29(32)33)27-11-7-5-9-25(27)26-10-6-8-12-28(26)31/h5-20,35H,4H2,1-3H3,(H4,32,33,34). The first-order valence-corrected chi connectivity index (χ1v) is 12.1. The molecule has 4 heteroatoms. The molecule has 4 aromatic rings. The monoisotopic (exact) mass is 460 g/mol. The van der Waals surface area contributed by atoms with Crippen molar-refractivity contribution >= 4 is 17.3 Å². The van der Waals surface area contributed by atoms with Crippen molar-refractivity contribution in [2.45, 2.75) is 38.1 Å². The van der Waals surface area contributed by atoms with Gasteiger partial charge in [-0.1, -0.05) is 79.7 Å². The number of nitrogens with zero attached hydrogens (tertiary/aromatic N) is 1. The van der Waals surface area contributed by atoms with E-state index >= 15 is 0 Å². The zero-order valence-electron chi connectivity index (χ0n) is 20.5. The van der Waals surface area contributed by atoms with Crippen LogP contribution in [-0.4, -0.2) is 11.5 Å². The van der Waals surface area contributed by atoms with Crippen molar-refractivity contribution in [2.24, 2.45) is 16.5 Å². The van der Waals surface area contributed by atoms with Crippen molar-refractivity contribution in [3.63, 3.8) is 0 Å². The van der Waals surface area contributed by atoms with Crippen molar-refractivity contribution in [1.29, 1.82) is 0 Å². The zero-order chi connectivity index (χ0) is 24.6. The van der Waals surface area contributed by atoms with Gasteiger partial charge < -0.3 is 16.8 Å². The average molecular weight is 461 g/mol. The van der Waals surface area contributed by atoms with Crippen LogP contribution in [0.3, 0.4) is 0 Å². The maximum Gasteiger partial charge on any atom is 0.191 e. The van der Waals surface area contributed by atoms with Gasteiger partial charge in [-0.3, -0.25) is 0 Å². The average Bonchev–Trinajstić information content (AvgIpc) is 3.16. The third-order valence-corrected chi connectivity index (χ3v) is 7.20. The number of rotatable bonds is 6. The largest absolute Gasteiger partial charge is 0.380 e. The molecule has 1 aliphatic rings. The predicted molar refractivity (Wildman–Crippen MR) is 147 cm³/mol. The molecule has 35 heavy (non-hydrogen) atoms.